The lowest BCUT2D eigenvalue weighted by Crippen LogP contribution is -2.13. The summed E-state index contributed by atoms with van der Waals surface area (Å²) in [5.74, 6) is 0.334. The molecule has 0 atom stereocenters. The molecule has 27 heavy (non-hydrogen) atoms. The van der Waals surface area contributed by atoms with Crippen molar-refractivity contribution in [1.82, 2.24) is 4.98 Å². The summed E-state index contributed by atoms with van der Waals surface area (Å²) < 4.78 is 0. The maximum absolute atomic E-state index is 12.3. The number of aromatic nitrogens is 1. The maximum Gasteiger partial charge on any atom is 0.310 e. The van der Waals surface area contributed by atoms with E-state index in [-0.39, 0.29) is 11.4 Å². The third kappa shape index (κ3) is 5.06. The SMILES string of the molecule is O=C(Nc1ccncc1[N+](=O)[O-])c1ccc(CSc2ccc(Cl)cc2)cc1. The van der Waals surface area contributed by atoms with Crippen LogP contribution in [-0.2, 0) is 5.75 Å². The number of rotatable bonds is 6. The van der Waals surface area contributed by atoms with E-state index >= 15 is 0 Å². The molecule has 3 rings (SSSR count). The first kappa shape index (κ1) is 18.9. The zero-order chi connectivity index (χ0) is 19.2. The minimum atomic E-state index is -0.584. The Morgan fingerprint density at radius 2 is 1.81 bits per heavy atom. The quantitative estimate of drug-likeness (QED) is 0.350. The van der Waals surface area contributed by atoms with Crippen LogP contribution in [0.4, 0.5) is 11.4 Å². The molecule has 2 aromatic carbocycles. The van der Waals surface area contributed by atoms with Gasteiger partial charge in [-0.2, -0.15) is 0 Å². The number of hydrogen-bond acceptors (Lipinski definition) is 5. The van der Waals surface area contributed by atoms with Crippen LogP contribution < -0.4 is 5.32 Å². The second kappa shape index (κ2) is 8.66. The predicted octanol–water partition coefficient (Wildman–Crippen LogP) is 5.19. The molecule has 6 nitrogen and oxygen atoms in total. The Balaban J connectivity index is 1.64. The van der Waals surface area contributed by atoms with Crippen LogP contribution in [0.15, 0.2) is 71.9 Å². The van der Waals surface area contributed by atoms with E-state index in [1.54, 1.807) is 23.9 Å². The number of nitrogens with zero attached hydrogens (tertiary/aromatic N) is 2. The van der Waals surface area contributed by atoms with Gasteiger partial charge in [0.15, 0.2) is 0 Å². The zero-order valence-corrected chi connectivity index (χ0v) is 15.5. The van der Waals surface area contributed by atoms with E-state index in [9.17, 15) is 14.9 Å². The first-order valence-corrected chi connectivity index (χ1v) is 9.26. The highest BCUT2D eigenvalue weighted by Crippen LogP contribution is 2.25. The van der Waals surface area contributed by atoms with Crippen LogP contribution in [0.25, 0.3) is 0 Å². The van der Waals surface area contributed by atoms with Crippen LogP contribution in [0.3, 0.4) is 0 Å². The van der Waals surface area contributed by atoms with Crippen LogP contribution in [-0.4, -0.2) is 15.8 Å². The van der Waals surface area contributed by atoms with Gasteiger partial charge in [0, 0.05) is 27.4 Å². The van der Waals surface area contributed by atoms with Crippen LogP contribution in [0.2, 0.25) is 5.02 Å². The Labute approximate surface area is 164 Å². The topological polar surface area (TPSA) is 85.1 Å². The van der Waals surface area contributed by atoms with E-state index in [0.717, 1.165) is 22.4 Å². The molecule has 1 aromatic heterocycles. The average Bonchev–Trinajstić information content (AvgIpc) is 2.68. The molecule has 1 N–H and O–H groups in total. The Morgan fingerprint density at radius 3 is 2.48 bits per heavy atom. The molecule has 8 heteroatoms. The molecule has 1 heterocycles. The lowest BCUT2D eigenvalue weighted by atomic mass is 10.1. The van der Waals surface area contributed by atoms with E-state index in [4.69, 9.17) is 11.6 Å². The molecule has 0 saturated carbocycles. The smallest absolute Gasteiger partial charge is 0.310 e. The van der Waals surface area contributed by atoms with Gasteiger partial charge in [0.2, 0.25) is 0 Å². The van der Waals surface area contributed by atoms with Crippen LogP contribution in [0.5, 0.6) is 0 Å². The first-order valence-electron chi connectivity index (χ1n) is 7.90. The summed E-state index contributed by atoms with van der Waals surface area (Å²) in [5.41, 5.74) is 1.34. The fourth-order valence-electron chi connectivity index (χ4n) is 2.28. The summed E-state index contributed by atoms with van der Waals surface area (Å²) >= 11 is 7.54. The number of amides is 1. The third-order valence-electron chi connectivity index (χ3n) is 3.68. The van der Waals surface area contributed by atoms with Crippen molar-refractivity contribution in [3.05, 3.63) is 93.3 Å². The van der Waals surface area contributed by atoms with Crippen molar-refractivity contribution < 1.29 is 9.72 Å². The van der Waals surface area contributed by atoms with Gasteiger partial charge < -0.3 is 5.32 Å². The summed E-state index contributed by atoms with van der Waals surface area (Å²) in [6.45, 7) is 0. The first-order chi connectivity index (χ1) is 13.0. The van der Waals surface area contributed by atoms with E-state index in [1.807, 2.05) is 36.4 Å². The highest BCUT2D eigenvalue weighted by molar-refractivity contribution is 7.98. The number of nitro groups is 1. The molecule has 1 amide bonds. The second-order valence-electron chi connectivity index (χ2n) is 5.54. The van der Waals surface area contributed by atoms with Crippen molar-refractivity contribution in [3.8, 4) is 0 Å². The minimum absolute atomic E-state index is 0.113. The number of carbonyl (C=O) groups excluding carboxylic acids is 1. The van der Waals surface area contributed by atoms with Gasteiger partial charge in [-0.05, 0) is 48.0 Å². The number of carbonyl (C=O) groups is 1. The molecule has 0 fully saturated rings. The van der Waals surface area contributed by atoms with Gasteiger partial charge in [0.1, 0.15) is 11.9 Å². The summed E-state index contributed by atoms with van der Waals surface area (Å²) in [7, 11) is 0. The fraction of sp³-hybridized carbons (Fsp3) is 0.0526. The molecule has 0 saturated heterocycles. The van der Waals surface area contributed by atoms with Crippen molar-refractivity contribution in [2.75, 3.05) is 5.32 Å². The number of anilines is 1. The summed E-state index contributed by atoms with van der Waals surface area (Å²) in [6, 6.07) is 16.1. The van der Waals surface area contributed by atoms with Crippen molar-refractivity contribution in [1.29, 1.82) is 0 Å². The van der Waals surface area contributed by atoms with Crippen LogP contribution in [0.1, 0.15) is 15.9 Å². The van der Waals surface area contributed by atoms with E-state index < -0.39 is 10.8 Å². The molecule has 0 unspecified atom stereocenters. The van der Waals surface area contributed by atoms with Crippen LogP contribution in [0, 0.1) is 10.1 Å². The molecular weight excluding hydrogens is 386 g/mol. The average molecular weight is 400 g/mol. The Morgan fingerprint density at radius 1 is 1.11 bits per heavy atom. The standard InChI is InChI=1S/C19H14ClN3O3S/c20-15-5-7-16(8-6-15)27-12-13-1-3-14(4-2-13)19(24)22-17-9-10-21-11-18(17)23(25)26/h1-11H,12H2,(H,21,22,24). The Hall–Kier alpha value is -2.90. The molecular formula is C19H14ClN3O3S. The molecule has 0 aliphatic heterocycles. The molecule has 0 radical (unpaired) electrons. The molecule has 0 aliphatic rings. The number of nitrogens with one attached hydrogen (secondary N) is 1. The number of hydrogen-bond donors (Lipinski definition) is 1. The summed E-state index contributed by atoms with van der Waals surface area (Å²) in [5, 5.41) is 14.2. The number of halogens is 1. The predicted molar refractivity (Wildman–Crippen MR) is 106 cm³/mol. The van der Waals surface area contributed by atoms with E-state index in [1.165, 1.54) is 12.3 Å². The highest BCUT2D eigenvalue weighted by Gasteiger charge is 2.16. The molecule has 3 aromatic rings. The monoisotopic (exact) mass is 399 g/mol. The van der Waals surface area contributed by atoms with Gasteiger partial charge >= 0.3 is 5.69 Å². The molecule has 0 spiro atoms. The second-order valence-corrected chi connectivity index (χ2v) is 7.03. The molecule has 136 valence electrons. The lowest BCUT2D eigenvalue weighted by molar-refractivity contribution is -0.384. The van der Waals surface area contributed by atoms with Crippen molar-refractivity contribution in [2.24, 2.45) is 0 Å². The molecule has 0 aliphatic carbocycles. The normalized spacial score (nSPS) is 10.4. The Bertz CT molecular complexity index is 963. The summed E-state index contributed by atoms with van der Waals surface area (Å²) in [4.78, 5) is 27.6. The van der Waals surface area contributed by atoms with Gasteiger partial charge in [-0.25, -0.2) is 0 Å². The van der Waals surface area contributed by atoms with E-state index in [0.29, 0.717) is 10.6 Å². The van der Waals surface area contributed by atoms with Gasteiger partial charge in [0.05, 0.1) is 4.92 Å². The minimum Gasteiger partial charge on any atom is -0.316 e. The third-order valence-corrected chi connectivity index (χ3v) is 5.02. The van der Waals surface area contributed by atoms with Crippen molar-refractivity contribution in [3.63, 3.8) is 0 Å². The largest absolute Gasteiger partial charge is 0.316 e. The van der Waals surface area contributed by atoms with Gasteiger partial charge in [-0.3, -0.25) is 19.9 Å². The highest BCUT2D eigenvalue weighted by atomic mass is 35.5. The van der Waals surface area contributed by atoms with Gasteiger partial charge in [0.25, 0.3) is 5.91 Å². The maximum atomic E-state index is 12.3. The molecule has 0 bridgehead atoms. The van der Waals surface area contributed by atoms with Gasteiger partial charge in [-0.1, -0.05) is 23.7 Å². The zero-order valence-electron chi connectivity index (χ0n) is 14.0. The Kier molecular flexibility index (Phi) is 6.05. The number of benzene rings is 2. The van der Waals surface area contributed by atoms with Crippen LogP contribution >= 0.6 is 23.4 Å². The van der Waals surface area contributed by atoms with E-state index in [2.05, 4.69) is 10.3 Å². The summed E-state index contributed by atoms with van der Waals surface area (Å²) in [6.07, 6.45) is 2.49. The van der Waals surface area contributed by atoms with Crippen molar-refractivity contribution in [2.45, 2.75) is 10.6 Å². The van der Waals surface area contributed by atoms with Gasteiger partial charge in [-0.15, -0.1) is 11.8 Å². The number of thioether (sulfide) groups is 1. The van der Waals surface area contributed by atoms with Crippen molar-refractivity contribution >= 4 is 40.6 Å². The number of pyridine rings is 1. The lowest BCUT2D eigenvalue weighted by Gasteiger charge is -2.07. The fourth-order valence-corrected chi connectivity index (χ4v) is 3.26.